The average Bonchev–Trinajstić information content (AvgIpc) is 2.56. The molecule has 0 fully saturated rings. The van der Waals surface area contributed by atoms with Gasteiger partial charge in [0.05, 0.1) is 24.7 Å². The second kappa shape index (κ2) is 6.37. The van der Waals surface area contributed by atoms with Gasteiger partial charge in [0.15, 0.2) is 0 Å². The Balaban J connectivity index is 1.95. The van der Waals surface area contributed by atoms with Gasteiger partial charge in [0.1, 0.15) is 0 Å². The van der Waals surface area contributed by atoms with Crippen LogP contribution in [0.15, 0.2) is 59.5 Å². The van der Waals surface area contributed by atoms with Gasteiger partial charge >= 0.3 is 0 Å². The van der Waals surface area contributed by atoms with Crippen LogP contribution >= 0.6 is 0 Å². The van der Waals surface area contributed by atoms with Crippen LogP contribution < -0.4 is 5.56 Å². The number of aliphatic hydroxyl groups excluding tert-OH is 1. The zero-order valence-corrected chi connectivity index (χ0v) is 12.0. The number of hydrogen-bond donors (Lipinski definition) is 1. The van der Waals surface area contributed by atoms with Crippen molar-refractivity contribution < 1.29 is 5.11 Å². The van der Waals surface area contributed by atoms with Crippen LogP contribution in [0.5, 0.6) is 0 Å². The van der Waals surface area contributed by atoms with E-state index < -0.39 is 0 Å². The maximum atomic E-state index is 12.2. The molecule has 0 unspecified atom stereocenters. The number of hydrogen-bond acceptors (Lipinski definition) is 3. The van der Waals surface area contributed by atoms with Gasteiger partial charge in [-0.25, -0.2) is 4.68 Å². The van der Waals surface area contributed by atoms with Gasteiger partial charge in [0, 0.05) is 5.39 Å². The average molecular weight is 292 g/mol. The van der Waals surface area contributed by atoms with E-state index in [1.807, 2.05) is 54.6 Å². The molecule has 110 valence electrons. The Bertz CT molecular complexity index is 867. The lowest BCUT2D eigenvalue weighted by Crippen LogP contribution is -2.24. The summed E-state index contributed by atoms with van der Waals surface area (Å²) in [7, 11) is 0. The van der Waals surface area contributed by atoms with Crippen LogP contribution in [0.3, 0.4) is 0 Å². The number of benzene rings is 2. The maximum absolute atomic E-state index is 12.2. The van der Waals surface area contributed by atoms with E-state index in [2.05, 4.69) is 5.10 Å². The lowest BCUT2D eigenvalue weighted by molar-refractivity contribution is 0.266. The van der Waals surface area contributed by atoms with Crippen molar-refractivity contribution in [2.24, 2.45) is 0 Å². The minimum absolute atomic E-state index is 0.101. The van der Waals surface area contributed by atoms with Gasteiger partial charge in [0.25, 0.3) is 5.56 Å². The van der Waals surface area contributed by atoms with E-state index in [0.29, 0.717) is 5.39 Å². The molecule has 0 aliphatic heterocycles. The Kier molecular flexibility index (Phi) is 4.12. The summed E-state index contributed by atoms with van der Waals surface area (Å²) >= 11 is 0. The van der Waals surface area contributed by atoms with E-state index in [1.54, 1.807) is 12.3 Å². The molecule has 1 heterocycles. The molecule has 4 nitrogen and oxygen atoms in total. The molecule has 4 heteroatoms. The second-order valence-corrected chi connectivity index (χ2v) is 4.99. The third kappa shape index (κ3) is 2.97. The van der Waals surface area contributed by atoms with Crippen LogP contribution in [0.1, 0.15) is 11.1 Å². The quantitative estimate of drug-likeness (QED) is 0.752. The van der Waals surface area contributed by atoms with Crippen molar-refractivity contribution in [3.63, 3.8) is 0 Å². The summed E-state index contributed by atoms with van der Waals surface area (Å²) in [5.41, 5.74) is 1.96. The fraction of sp³-hybridized carbons (Fsp3) is 0.111. The number of aliphatic hydroxyl groups is 1. The van der Waals surface area contributed by atoms with E-state index in [0.717, 1.165) is 16.5 Å². The molecule has 0 spiro atoms. The summed E-state index contributed by atoms with van der Waals surface area (Å²) in [6, 6.07) is 15.7. The summed E-state index contributed by atoms with van der Waals surface area (Å²) in [5, 5.41) is 14.4. The summed E-state index contributed by atoms with van der Waals surface area (Å²) in [5.74, 6) is 0. The van der Waals surface area contributed by atoms with Crippen LogP contribution in [-0.4, -0.2) is 21.5 Å². The molecular formula is C18H16N2O2. The fourth-order valence-electron chi connectivity index (χ4n) is 2.32. The van der Waals surface area contributed by atoms with Crippen LogP contribution in [-0.2, 0) is 6.54 Å². The molecule has 22 heavy (non-hydrogen) atoms. The molecule has 2 aromatic carbocycles. The van der Waals surface area contributed by atoms with Crippen molar-refractivity contribution in [3.8, 4) is 0 Å². The van der Waals surface area contributed by atoms with Crippen molar-refractivity contribution in [2.75, 3.05) is 6.61 Å². The summed E-state index contributed by atoms with van der Waals surface area (Å²) in [4.78, 5) is 12.2. The Morgan fingerprint density at radius 1 is 1.05 bits per heavy atom. The molecule has 0 saturated heterocycles. The van der Waals surface area contributed by atoms with Gasteiger partial charge in [-0.05, 0) is 23.3 Å². The number of nitrogens with zero attached hydrogens (tertiary/aromatic N) is 2. The van der Waals surface area contributed by atoms with Gasteiger partial charge in [-0.2, -0.15) is 5.10 Å². The van der Waals surface area contributed by atoms with E-state index in [1.165, 1.54) is 4.68 Å². The molecule has 0 atom stereocenters. The lowest BCUT2D eigenvalue weighted by atomic mass is 10.1. The summed E-state index contributed by atoms with van der Waals surface area (Å²) in [6.45, 7) is 0.112. The van der Waals surface area contributed by atoms with E-state index in [9.17, 15) is 4.79 Å². The maximum Gasteiger partial charge on any atom is 0.274 e. The molecule has 1 N–H and O–H groups in total. The minimum atomic E-state index is -0.176. The predicted molar refractivity (Wildman–Crippen MR) is 88.5 cm³/mol. The van der Waals surface area contributed by atoms with Gasteiger partial charge < -0.3 is 5.11 Å². The molecule has 1 aromatic heterocycles. The topological polar surface area (TPSA) is 55.1 Å². The van der Waals surface area contributed by atoms with Crippen molar-refractivity contribution in [1.82, 2.24) is 9.78 Å². The first-order valence-electron chi connectivity index (χ1n) is 7.12. The van der Waals surface area contributed by atoms with Gasteiger partial charge in [-0.1, -0.05) is 48.6 Å². The highest BCUT2D eigenvalue weighted by molar-refractivity contribution is 5.84. The van der Waals surface area contributed by atoms with Crippen molar-refractivity contribution in [3.05, 3.63) is 76.2 Å². The second-order valence-electron chi connectivity index (χ2n) is 4.99. The van der Waals surface area contributed by atoms with E-state index >= 15 is 0 Å². The highest BCUT2D eigenvalue weighted by atomic mass is 16.3. The van der Waals surface area contributed by atoms with E-state index in [4.69, 9.17) is 5.11 Å². The Hall–Kier alpha value is -2.72. The molecule has 3 rings (SSSR count). The molecule has 0 saturated carbocycles. The van der Waals surface area contributed by atoms with Crippen LogP contribution in [0.4, 0.5) is 0 Å². The number of rotatable bonds is 4. The number of fused-ring (bicyclic) bond motifs is 1. The molecule has 0 aliphatic rings. The third-order valence-electron chi connectivity index (χ3n) is 3.46. The predicted octanol–water partition coefficient (Wildman–Crippen LogP) is 2.56. The standard InChI is InChI=1S/C18H16N2O2/c21-11-10-20-18(22)17-9-8-15(12-16(17)13-19-20)7-6-14-4-2-1-3-5-14/h1-9,12-13,21H,10-11H2/b7-6+. The highest BCUT2D eigenvalue weighted by Crippen LogP contribution is 2.14. The molecular weight excluding hydrogens is 276 g/mol. The van der Waals surface area contributed by atoms with Crippen molar-refractivity contribution >= 4 is 22.9 Å². The molecule has 0 bridgehead atoms. The van der Waals surface area contributed by atoms with Crippen molar-refractivity contribution in [1.29, 1.82) is 0 Å². The van der Waals surface area contributed by atoms with Crippen LogP contribution in [0.25, 0.3) is 22.9 Å². The zero-order valence-electron chi connectivity index (χ0n) is 12.0. The Labute approximate surface area is 128 Å². The lowest BCUT2D eigenvalue weighted by Gasteiger charge is -2.04. The Morgan fingerprint density at radius 2 is 1.82 bits per heavy atom. The van der Waals surface area contributed by atoms with Crippen molar-refractivity contribution in [2.45, 2.75) is 6.54 Å². The van der Waals surface area contributed by atoms with Gasteiger partial charge in [-0.15, -0.1) is 0 Å². The summed E-state index contributed by atoms with van der Waals surface area (Å²) in [6.07, 6.45) is 5.70. The first-order valence-corrected chi connectivity index (χ1v) is 7.12. The van der Waals surface area contributed by atoms with Gasteiger partial charge in [0.2, 0.25) is 0 Å². The van der Waals surface area contributed by atoms with Crippen LogP contribution in [0.2, 0.25) is 0 Å². The zero-order chi connectivity index (χ0) is 15.4. The normalized spacial score (nSPS) is 11.3. The minimum Gasteiger partial charge on any atom is -0.394 e. The monoisotopic (exact) mass is 292 g/mol. The molecule has 0 aliphatic carbocycles. The first kappa shape index (κ1) is 14.2. The smallest absolute Gasteiger partial charge is 0.274 e. The Morgan fingerprint density at radius 3 is 2.59 bits per heavy atom. The first-order chi connectivity index (χ1) is 10.8. The molecule has 3 aromatic rings. The number of aromatic nitrogens is 2. The van der Waals surface area contributed by atoms with Gasteiger partial charge in [-0.3, -0.25) is 4.79 Å². The molecule has 0 radical (unpaired) electrons. The fourth-order valence-corrected chi connectivity index (χ4v) is 2.32. The van der Waals surface area contributed by atoms with Crippen LogP contribution in [0, 0.1) is 0 Å². The summed E-state index contributed by atoms with van der Waals surface area (Å²) < 4.78 is 1.28. The SMILES string of the molecule is O=c1c2ccc(/C=C/c3ccccc3)cc2cnn1CCO. The molecule has 0 amide bonds. The third-order valence-corrected chi connectivity index (χ3v) is 3.46. The largest absolute Gasteiger partial charge is 0.394 e. The highest BCUT2D eigenvalue weighted by Gasteiger charge is 2.03. The van der Waals surface area contributed by atoms with E-state index in [-0.39, 0.29) is 18.7 Å².